The van der Waals surface area contributed by atoms with Gasteiger partial charge in [-0.2, -0.15) is 4.98 Å². The molecule has 4 nitrogen and oxygen atoms in total. The smallest absolute Gasteiger partial charge is 0.223 e. The molecule has 5 heteroatoms. The van der Waals surface area contributed by atoms with Crippen LogP contribution in [0, 0.1) is 18.2 Å². The van der Waals surface area contributed by atoms with Crippen LogP contribution < -0.4 is 0 Å². The molecule has 0 bridgehead atoms. The van der Waals surface area contributed by atoms with Gasteiger partial charge in [-0.05, 0) is 18.2 Å². The van der Waals surface area contributed by atoms with Crippen LogP contribution in [0.3, 0.4) is 0 Å². The quantitative estimate of drug-likeness (QED) is 0.778. The third-order valence-corrected chi connectivity index (χ3v) is 2.68. The lowest BCUT2D eigenvalue weighted by molar-refractivity contribution is 0.0858. The summed E-state index contributed by atoms with van der Waals surface area (Å²) in [6.07, 6.45) is 0. The van der Waals surface area contributed by atoms with Crippen molar-refractivity contribution in [2.45, 2.75) is 27.7 Å². The second-order valence-corrected chi connectivity index (χ2v) is 5.41. The van der Waals surface area contributed by atoms with Crippen LogP contribution in [-0.2, 0) is 0 Å². The first kappa shape index (κ1) is 13.4. The SMILES string of the molecule is Cc1nc(-c2ccc(F)cc2C(=O)C(C)(C)C)no1. The highest BCUT2D eigenvalue weighted by molar-refractivity contribution is 6.04. The van der Waals surface area contributed by atoms with Gasteiger partial charge in [0.15, 0.2) is 5.78 Å². The van der Waals surface area contributed by atoms with Crippen molar-refractivity contribution in [1.82, 2.24) is 10.1 Å². The number of ketones is 1. The Kier molecular flexibility index (Phi) is 3.22. The predicted octanol–water partition coefficient (Wildman–Crippen LogP) is 3.41. The number of rotatable bonds is 2. The van der Waals surface area contributed by atoms with E-state index in [1.54, 1.807) is 27.7 Å². The number of carbonyl (C=O) groups is 1. The van der Waals surface area contributed by atoms with Crippen molar-refractivity contribution in [2.24, 2.45) is 5.41 Å². The lowest BCUT2D eigenvalue weighted by Crippen LogP contribution is -2.21. The summed E-state index contributed by atoms with van der Waals surface area (Å²) in [5, 5.41) is 3.78. The van der Waals surface area contributed by atoms with E-state index in [1.165, 1.54) is 18.2 Å². The third-order valence-electron chi connectivity index (χ3n) is 2.68. The van der Waals surface area contributed by atoms with Crippen LogP contribution in [0.25, 0.3) is 11.4 Å². The van der Waals surface area contributed by atoms with Crippen molar-refractivity contribution in [2.75, 3.05) is 0 Å². The minimum atomic E-state index is -0.610. The molecule has 0 fully saturated rings. The summed E-state index contributed by atoms with van der Waals surface area (Å²) in [7, 11) is 0. The van der Waals surface area contributed by atoms with Gasteiger partial charge in [0, 0.05) is 23.5 Å². The topological polar surface area (TPSA) is 56.0 Å². The van der Waals surface area contributed by atoms with Gasteiger partial charge in [-0.1, -0.05) is 25.9 Å². The number of benzene rings is 1. The zero-order valence-electron chi connectivity index (χ0n) is 11.3. The molecule has 0 unspecified atom stereocenters. The van der Waals surface area contributed by atoms with Crippen molar-refractivity contribution in [3.63, 3.8) is 0 Å². The van der Waals surface area contributed by atoms with E-state index < -0.39 is 11.2 Å². The molecule has 0 aliphatic heterocycles. The van der Waals surface area contributed by atoms with Crippen LogP contribution in [-0.4, -0.2) is 15.9 Å². The van der Waals surface area contributed by atoms with Gasteiger partial charge < -0.3 is 4.52 Å². The second-order valence-electron chi connectivity index (χ2n) is 5.41. The van der Waals surface area contributed by atoms with Crippen molar-refractivity contribution in [3.8, 4) is 11.4 Å². The highest BCUT2D eigenvalue weighted by Gasteiger charge is 2.27. The number of carbonyl (C=O) groups excluding carboxylic acids is 1. The fraction of sp³-hybridized carbons (Fsp3) is 0.357. The molecule has 2 aromatic rings. The van der Waals surface area contributed by atoms with Crippen molar-refractivity contribution in [1.29, 1.82) is 0 Å². The van der Waals surface area contributed by atoms with Crippen LogP contribution in [0.2, 0.25) is 0 Å². The zero-order chi connectivity index (χ0) is 14.2. The molecule has 1 aromatic heterocycles. The summed E-state index contributed by atoms with van der Waals surface area (Å²) >= 11 is 0. The first-order valence-electron chi connectivity index (χ1n) is 5.94. The van der Waals surface area contributed by atoms with E-state index in [4.69, 9.17) is 4.52 Å². The third kappa shape index (κ3) is 2.70. The van der Waals surface area contributed by atoms with E-state index in [-0.39, 0.29) is 11.3 Å². The normalized spacial score (nSPS) is 11.6. The lowest BCUT2D eigenvalue weighted by atomic mass is 9.84. The Bertz CT molecular complexity index is 627. The van der Waals surface area contributed by atoms with Gasteiger partial charge in [0.2, 0.25) is 11.7 Å². The van der Waals surface area contributed by atoms with Crippen molar-refractivity contribution >= 4 is 5.78 Å². The van der Waals surface area contributed by atoms with Crippen LogP contribution in [0.1, 0.15) is 37.0 Å². The Hall–Kier alpha value is -2.04. The minimum Gasteiger partial charge on any atom is -0.339 e. The molecule has 19 heavy (non-hydrogen) atoms. The summed E-state index contributed by atoms with van der Waals surface area (Å²) in [5.41, 5.74) is 0.146. The van der Waals surface area contributed by atoms with E-state index in [9.17, 15) is 9.18 Å². The molecule has 1 heterocycles. The van der Waals surface area contributed by atoms with Crippen molar-refractivity contribution < 1.29 is 13.7 Å². The van der Waals surface area contributed by atoms with Gasteiger partial charge >= 0.3 is 0 Å². The second kappa shape index (κ2) is 4.57. The molecule has 0 saturated heterocycles. The molecule has 0 aliphatic carbocycles. The van der Waals surface area contributed by atoms with E-state index in [1.807, 2.05) is 0 Å². The first-order valence-corrected chi connectivity index (χ1v) is 5.94. The van der Waals surface area contributed by atoms with Crippen LogP contribution in [0.5, 0.6) is 0 Å². The number of hydrogen-bond acceptors (Lipinski definition) is 4. The minimum absolute atomic E-state index is 0.163. The summed E-state index contributed by atoms with van der Waals surface area (Å²) in [6, 6.07) is 3.99. The molecule has 0 saturated carbocycles. The Balaban J connectivity index is 2.59. The number of halogens is 1. The largest absolute Gasteiger partial charge is 0.339 e. The molecule has 100 valence electrons. The van der Waals surface area contributed by atoms with E-state index in [0.717, 1.165) is 0 Å². The number of hydrogen-bond donors (Lipinski definition) is 0. The number of Topliss-reactive ketones (excluding diaryl/α,β-unsaturated/α-hetero) is 1. The standard InChI is InChI=1S/C14H15FN2O2/c1-8-16-13(17-19-8)10-6-5-9(15)7-11(10)12(18)14(2,3)4/h5-7H,1-4H3. The first-order chi connectivity index (χ1) is 8.79. The van der Waals surface area contributed by atoms with Gasteiger partial charge in [-0.25, -0.2) is 4.39 Å². The van der Waals surface area contributed by atoms with E-state index in [0.29, 0.717) is 17.3 Å². The molecule has 0 radical (unpaired) electrons. The Labute approximate surface area is 110 Å². The summed E-state index contributed by atoms with van der Waals surface area (Å²) in [5.74, 6) is 0.0691. The van der Waals surface area contributed by atoms with Gasteiger partial charge in [0.25, 0.3) is 0 Å². The Morgan fingerprint density at radius 3 is 2.53 bits per heavy atom. The number of aryl methyl sites for hydroxylation is 1. The molecule has 0 spiro atoms. The Morgan fingerprint density at radius 1 is 1.32 bits per heavy atom. The van der Waals surface area contributed by atoms with Crippen LogP contribution in [0.4, 0.5) is 4.39 Å². The summed E-state index contributed by atoms with van der Waals surface area (Å²) in [4.78, 5) is 16.4. The van der Waals surface area contributed by atoms with Crippen LogP contribution in [0.15, 0.2) is 22.7 Å². The molecular formula is C14H15FN2O2. The van der Waals surface area contributed by atoms with Gasteiger partial charge in [-0.3, -0.25) is 4.79 Å². The maximum Gasteiger partial charge on any atom is 0.223 e. The number of nitrogens with zero attached hydrogens (tertiary/aromatic N) is 2. The fourth-order valence-electron chi connectivity index (χ4n) is 1.71. The Morgan fingerprint density at radius 2 is 2.00 bits per heavy atom. The monoisotopic (exact) mass is 262 g/mol. The molecule has 0 aliphatic rings. The van der Waals surface area contributed by atoms with Crippen molar-refractivity contribution in [3.05, 3.63) is 35.5 Å². The highest BCUT2D eigenvalue weighted by Crippen LogP contribution is 2.28. The maximum atomic E-state index is 13.4. The van der Waals surface area contributed by atoms with Crippen LogP contribution >= 0.6 is 0 Å². The molecular weight excluding hydrogens is 247 g/mol. The predicted molar refractivity (Wildman–Crippen MR) is 68.2 cm³/mol. The van der Waals surface area contributed by atoms with Gasteiger partial charge in [0.05, 0.1) is 0 Å². The van der Waals surface area contributed by atoms with E-state index in [2.05, 4.69) is 10.1 Å². The van der Waals surface area contributed by atoms with Gasteiger partial charge in [-0.15, -0.1) is 0 Å². The number of aromatic nitrogens is 2. The summed E-state index contributed by atoms with van der Waals surface area (Å²) in [6.45, 7) is 7.01. The molecule has 0 N–H and O–H groups in total. The fourth-order valence-corrected chi connectivity index (χ4v) is 1.71. The van der Waals surface area contributed by atoms with Gasteiger partial charge in [0.1, 0.15) is 5.82 Å². The molecule has 0 atom stereocenters. The zero-order valence-corrected chi connectivity index (χ0v) is 11.3. The molecule has 1 aromatic carbocycles. The maximum absolute atomic E-state index is 13.4. The van der Waals surface area contributed by atoms with E-state index >= 15 is 0 Å². The molecule has 0 amide bonds. The average molecular weight is 262 g/mol. The lowest BCUT2D eigenvalue weighted by Gasteiger charge is -2.18. The molecule has 2 rings (SSSR count). The average Bonchev–Trinajstić information content (AvgIpc) is 2.73. The summed E-state index contributed by atoms with van der Waals surface area (Å²) < 4.78 is 18.3. The highest BCUT2D eigenvalue weighted by atomic mass is 19.1.